The molecule has 1 nitrogen and oxygen atoms in total. The smallest absolute Gasteiger partial charge is 0.0277 e. The lowest BCUT2D eigenvalue weighted by atomic mass is 9.87. The van der Waals surface area contributed by atoms with Crippen molar-refractivity contribution in [2.45, 2.75) is 48.9 Å². The minimum absolute atomic E-state index is 0.0625. The summed E-state index contributed by atoms with van der Waals surface area (Å²) in [6.07, 6.45) is 0. The maximum atomic E-state index is 6.04. The van der Waals surface area contributed by atoms with Crippen LogP contribution < -0.4 is 5.73 Å². The van der Waals surface area contributed by atoms with Gasteiger partial charge in [-0.2, -0.15) is 0 Å². The first-order valence-electron chi connectivity index (χ1n) is 7.01. The van der Waals surface area contributed by atoms with Crippen LogP contribution in [0.3, 0.4) is 0 Å². The van der Waals surface area contributed by atoms with Crippen molar-refractivity contribution in [2.24, 2.45) is 5.73 Å². The maximum absolute atomic E-state index is 6.04. The van der Waals surface area contributed by atoms with E-state index >= 15 is 0 Å². The summed E-state index contributed by atoms with van der Waals surface area (Å²) in [6.45, 7) is 8.74. The molecule has 0 fully saturated rings. The zero-order valence-electron chi connectivity index (χ0n) is 12.7. The van der Waals surface area contributed by atoms with Crippen molar-refractivity contribution in [2.75, 3.05) is 0 Å². The molecular formula is C18H23NS. The Bertz CT molecular complexity index is 565. The fourth-order valence-corrected chi connectivity index (χ4v) is 3.14. The Morgan fingerprint density at radius 1 is 0.950 bits per heavy atom. The first kappa shape index (κ1) is 15.1. The Balaban J connectivity index is 2.23. The summed E-state index contributed by atoms with van der Waals surface area (Å²) in [6, 6.07) is 17.3. The standard InChI is InChI=1S/C18H23NS/c1-13(19)16-7-5-6-8-17(16)20-15-11-9-14(10-12-15)18(2,3)4/h5-13H,19H2,1-4H3/t13-/m0/s1. The van der Waals surface area contributed by atoms with Gasteiger partial charge in [-0.05, 0) is 41.7 Å². The zero-order chi connectivity index (χ0) is 14.8. The monoisotopic (exact) mass is 285 g/mol. The second-order valence-electron chi connectivity index (χ2n) is 6.20. The van der Waals surface area contributed by atoms with E-state index in [1.54, 1.807) is 11.8 Å². The van der Waals surface area contributed by atoms with E-state index in [1.807, 2.05) is 13.0 Å². The molecular weight excluding hydrogens is 262 g/mol. The predicted octanol–water partition coefficient (Wildman–Crippen LogP) is 5.16. The predicted molar refractivity (Wildman–Crippen MR) is 88.3 cm³/mol. The maximum Gasteiger partial charge on any atom is 0.0277 e. The molecule has 0 amide bonds. The lowest BCUT2D eigenvalue weighted by Crippen LogP contribution is -2.10. The molecule has 0 saturated carbocycles. The molecule has 0 unspecified atom stereocenters. The van der Waals surface area contributed by atoms with Crippen LogP contribution in [0.25, 0.3) is 0 Å². The Labute approximate surface area is 126 Å². The van der Waals surface area contributed by atoms with Gasteiger partial charge in [-0.1, -0.05) is 62.9 Å². The van der Waals surface area contributed by atoms with Gasteiger partial charge in [-0.15, -0.1) is 0 Å². The van der Waals surface area contributed by atoms with Gasteiger partial charge in [0.2, 0.25) is 0 Å². The molecule has 20 heavy (non-hydrogen) atoms. The van der Waals surface area contributed by atoms with Gasteiger partial charge in [0.15, 0.2) is 0 Å². The summed E-state index contributed by atoms with van der Waals surface area (Å²) >= 11 is 1.78. The fourth-order valence-electron chi connectivity index (χ4n) is 2.10. The van der Waals surface area contributed by atoms with E-state index in [9.17, 15) is 0 Å². The quantitative estimate of drug-likeness (QED) is 0.843. The molecule has 2 N–H and O–H groups in total. The van der Waals surface area contributed by atoms with Gasteiger partial charge in [0, 0.05) is 15.8 Å². The lowest BCUT2D eigenvalue weighted by molar-refractivity contribution is 0.590. The molecule has 0 aromatic heterocycles. The highest BCUT2D eigenvalue weighted by Gasteiger charge is 2.13. The van der Waals surface area contributed by atoms with Crippen LogP contribution >= 0.6 is 11.8 Å². The Hall–Kier alpha value is -1.25. The van der Waals surface area contributed by atoms with Crippen LogP contribution in [0.5, 0.6) is 0 Å². The van der Waals surface area contributed by atoms with Crippen LogP contribution in [0.2, 0.25) is 0 Å². The summed E-state index contributed by atoms with van der Waals surface area (Å²) in [7, 11) is 0. The van der Waals surface area contributed by atoms with Gasteiger partial charge in [-0.25, -0.2) is 0 Å². The summed E-state index contributed by atoms with van der Waals surface area (Å²) < 4.78 is 0. The Morgan fingerprint density at radius 3 is 2.10 bits per heavy atom. The van der Waals surface area contributed by atoms with Gasteiger partial charge in [-0.3, -0.25) is 0 Å². The molecule has 0 saturated heterocycles. The average Bonchev–Trinajstić information content (AvgIpc) is 2.38. The number of benzene rings is 2. The largest absolute Gasteiger partial charge is 0.324 e. The molecule has 2 heteroatoms. The van der Waals surface area contributed by atoms with Crippen molar-refractivity contribution in [3.05, 3.63) is 59.7 Å². The highest BCUT2D eigenvalue weighted by atomic mass is 32.2. The van der Waals surface area contributed by atoms with Gasteiger partial charge in [0.1, 0.15) is 0 Å². The molecule has 1 atom stereocenters. The average molecular weight is 285 g/mol. The lowest BCUT2D eigenvalue weighted by Gasteiger charge is -2.19. The summed E-state index contributed by atoms with van der Waals surface area (Å²) in [5, 5.41) is 0. The highest BCUT2D eigenvalue weighted by molar-refractivity contribution is 7.99. The molecule has 0 radical (unpaired) electrons. The van der Waals surface area contributed by atoms with E-state index in [1.165, 1.54) is 20.9 Å². The minimum Gasteiger partial charge on any atom is -0.324 e. The van der Waals surface area contributed by atoms with E-state index in [-0.39, 0.29) is 11.5 Å². The number of nitrogens with two attached hydrogens (primary N) is 1. The molecule has 0 aliphatic rings. The normalized spacial score (nSPS) is 13.2. The number of rotatable bonds is 3. The SMILES string of the molecule is C[C@H](N)c1ccccc1Sc1ccc(C(C)(C)C)cc1. The van der Waals surface area contributed by atoms with E-state index < -0.39 is 0 Å². The topological polar surface area (TPSA) is 26.0 Å². The van der Waals surface area contributed by atoms with Crippen molar-refractivity contribution >= 4 is 11.8 Å². The van der Waals surface area contributed by atoms with Crippen LogP contribution in [0.4, 0.5) is 0 Å². The Morgan fingerprint density at radius 2 is 1.55 bits per heavy atom. The van der Waals surface area contributed by atoms with Crippen LogP contribution in [-0.4, -0.2) is 0 Å². The third-order valence-corrected chi connectivity index (χ3v) is 4.46. The molecule has 2 rings (SSSR count). The van der Waals surface area contributed by atoms with Gasteiger partial charge in [0.05, 0.1) is 0 Å². The molecule has 0 aliphatic heterocycles. The Kier molecular flexibility index (Phi) is 4.56. The van der Waals surface area contributed by atoms with Gasteiger partial charge < -0.3 is 5.73 Å². The molecule has 0 heterocycles. The van der Waals surface area contributed by atoms with Crippen LogP contribution in [0.1, 0.15) is 44.9 Å². The molecule has 2 aromatic rings. The third-order valence-electron chi connectivity index (χ3n) is 3.36. The zero-order valence-corrected chi connectivity index (χ0v) is 13.5. The minimum atomic E-state index is 0.0625. The van der Waals surface area contributed by atoms with Gasteiger partial charge in [0.25, 0.3) is 0 Å². The second-order valence-corrected chi connectivity index (χ2v) is 7.32. The van der Waals surface area contributed by atoms with Gasteiger partial charge >= 0.3 is 0 Å². The summed E-state index contributed by atoms with van der Waals surface area (Å²) in [5.41, 5.74) is 8.81. The summed E-state index contributed by atoms with van der Waals surface area (Å²) in [4.78, 5) is 2.50. The van der Waals surface area contributed by atoms with Crippen LogP contribution in [0.15, 0.2) is 58.3 Å². The fraction of sp³-hybridized carbons (Fsp3) is 0.333. The molecule has 106 valence electrons. The van der Waals surface area contributed by atoms with Crippen molar-refractivity contribution in [1.82, 2.24) is 0 Å². The highest BCUT2D eigenvalue weighted by Crippen LogP contribution is 2.33. The first-order chi connectivity index (χ1) is 9.38. The molecule has 0 spiro atoms. The second kappa shape index (κ2) is 6.02. The van der Waals surface area contributed by atoms with Crippen molar-refractivity contribution in [3.63, 3.8) is 0 Å². The first-order valence-corrected chi connectivity index (χ1v) is 7.82. The molecule has 2 aromatic carbocycles. The van der Waals surface area contributed by atoms with Crippen molar-refractivity contribution in [1.29, 1.82) is 0 Å². The van der Waals surface area contributed by atoms with Crippen LogP contribution in [0, 0.1) is 0 Å². The van der Waals surface area contributed by atoms with Crippen LogP contribution in [-0.2, 0) is 5.41 Å². The van der Waals surface area contributed by atoms with Crippen molar-refractivity contribution in [3.8, 4) is 0 Å². The van der Waals surface area contributed by atoms with E-state index in [4.69, 9.17) is 5.73 Å². The van der Waals surface area contributed by atoms with E-state index in [0.717, 1.165) is 0 Å². The molecule has 0 bridgehead atoms. The summed E-state index contributed by atoms with van der Waals surface area (Å²) in [5.74, 6) is 0. The number of hydrogen-bond donors (Lipinski definition) is 1. The van der Waals surface area contributed by atoms with E-state index in [2.05, 4.69) is 63.2 Å². The van der Waals surface area contributed by atoms with E-state index in [0.29, 0.717) is 0 Å². The number of hydrogen-bond acceptors (Lipinski definition) is 2. The van der Waals surface area contributed by atoms with Crippen molar-refractivity contribution < 1.29 is 0 Å². The third kappa shape index (κ3) is 3.65. The molecule has 0 aliphatic carbocycles.